The molecule has 0 saturated heterocycles. The Hall–Kier alpha value is -2.33. The summed E-state index contributed by atoms with van der Waals surface area (Å²) < 4.78 is 2.39. The number of primary amides is 1. The Kier molecular flexibility index (Phi) is 3.77. The number of nitrogens with zero attached hydrogens (tertiary/aromatic N) is 2. The quantitative estimate of drug-likeness (QED) is 0.806. The predicted molar refractivity (Wildman–Crippen MR) is 77.9 cm³/mol. The van der Waals surface area contributed by atoms with Gasteiger partial charge in [0.1, 0.15) is 4.83 Å². The van der Waals surface area contributed by atoms with E-state index in [0.717, 1.165) is 15.9 Å². The Morgan fingerprint density at radius 2 is 2.10 bits per heavy atom. The van der Waals surface area contributed by atoms with Crippen molar-refractivity contribution in [1.82, 2.24) is 9.13 Å². The van der Waals surface area contributed by atoms with E-state index in [9.17, 15) is 14.4 Å². The fourth-order valence-corrected chi connectivity index (χ4v) is 2.76. The summed E-state index contributed by atoms with van der Waals surface area (Å²) in [6, 6.07) is 1.42. The SMILES string of the molecule is CCC#CCn1c(=O)c2cc(C(N)=O)sc2n(C)c1=O. The molecule has 2 aromatic rings. The number of carbonyl (C=O) groups is 1. The molecule has 0 saturated carbocycles. The zero-order valence-electron chi connectivity index (χ0n) is 11.1. The minimum Gasteiger partial charge on any atom is -0.365 e. The molecule has 0 unspecified atom stereocenters. The van der Waals surface area contributed by atoms with Crippen molar-refractivity contribution in [3.8, 4) is 11.8 Å². The van der Waals surface area contributed by atoms with Crippen molar-refractivity contribution in [1.29, 1.82) is 0 Å². The maximum atomic E-state index is 12.3. The Morgan fingerprint density at radius 3 is 2.70 bits per heavy atom. The molecular formula is C13H13N3O3S. The number of hydrogen-bond acceptors (Lipinski definition) is 4. The molecule has 1 amide bonds. The van der Waals surface area contributed by atoms with E-state index in [1.54, 1.807) is 7.05 Å². The lowest BCUT2D eigenvalue weighted by Gasteiger charge is -2.04. The molecule has 2 N–H and O–H groups in total. The van der Waals surface area contributed by atoms with Crippen LogP contribution in [0.1, 0.15) is 23.0 Å². The molecule has 2 rings (SSSR count). The van der Waals surface area contributed by atoms with Crippen LogP contribution in [0.15, 0.2) is 15.7 Å². The van der Waals surface area contributed by atoms with Gasteiger partial charge in [0.2, 0.25) is 0 Å². The molecule has 0 aliphatic heterocycles. The van der Waals surface area contributed by atoms with Crippen LogP contribution >= 0.6 is 11.3 Å². The summed E-state index contributed by atoms with van der Waals surface area (Å²) in [7, 11) is 1.55. The van der Waals surface area contributed by atoms with Crippen LogP contribution in [0.4, 0.5) is 0 Å². The molecule has 2 aromatic heterocycles. The lowest BCUT2D eigenvalue weighted by atomic mass is 10.3. The van der Waals surface area contributed by atoms with Crippen molar-refractivity contribution in [2.45, 2.75) is 19.9 Å². The van der Waals surface area contributed by atoms with E-state index in [-0.39, 0.29) is 11.4 Å². The molecule has 0 fully saturated rings. The maximum absolute atomic E-state index is 12.3. The first kappa shape index (κ1) is 14.1. The van der Waals surface area contributed by atoms with Gasteiger partial charge in [0.25, 0.3) is 11.5 Å². The summed E-state index contributed by atoms with van der Waals surface area (Å²) >= 11 is 1.04. The summed E-state index contributed by atoms with van der Waals surface area (Å²) in [5.41, 5.74) is 4.31. The van der Waals surface area contributed by atoms with E-state index in [1.807, 2.05) is 6.92 Å². The second-order valence-electron chi connectivity index (χ2n) is 4.13. The van der Waals surface area contributed by atoms with Crippen LogP contribution in [-0.2, 0) is 13.6 Å². The number of rotatable bonds is 2. The zero-order chi connectivity index (χ0) is 14.9. The molecule has 2 heterocycles. The molecule has 0 radical (unpaired) electrons. The summed E-state index contributed by atoms with van der Waals surface area (Å²) in [5, 5.41) is 0.309. The van der Waals surface area contributed by atoms with Crippen molar-refractivity contribution in [3.05, 3.63) is 31.8 Å². The fraction of sp³-hybridized carbons (Fsp3) is 0.308. The molecule has 20 heavy (non-hydrogen) atoms. The number of aromatic nitrogens is 2. The first-order chi connectivity index (χ1) is 9.47. The maximum Gasteiger partial charge on any atom is 0.332 e. The van der Waals surface area contributed by atoms with Gasteiger partial charge in [-0.15, -0.1) is 17.3 Å². The van der Waals surface area contributed by atoms with Crippen molar-refractivity contribution < 1.29 is 4.79 Å². The van der Waals surface area contributed by atoms with Crippen LogP contribution < -0.4 is 17.0 Å². The van der Waals surface area contributed by atoms with E-state index in [0.29, 0.717) is 16.6 Å². The number of amides is 1. The predicted octanol–water partition coefficient (Wildman–Crippen LogP) is 0.274. The third kappa shape index (κ3) is 2.26. The van der Waals surface area contributed by atoms with E-state index in [4.69, 9.17) is 5.73 Å². The van der Waals surface area contributed by atoms with Crippen LogP contribution in [0.2, 0.25) is 0 Å². The Balaban J connectivity index is 2.75. The van der Waals surface area contributed by atoms with E-state index >= 15 is 0 Å². The summed E-state index contributed by atoms with van der Waals surface area (Å²) in [6.45, 7) is 1.92. The third-order valence-electron chi connectivity index (χ3n) is 2.79. The van der Waals surface area contributed by atoms with Crippen molar-refractivity contribution in [2.24, 2.45) is 12.8 Å². The second kappa shape index (κ2) is 5.35. The first-order valence-corrected chi connectivity index (χ1v) is 6.78. The lowest BCUT2D eigenvalue weighted by molar-refractivity contribution is 0.100. The number of aryl methyl sites for hydroxylation is 1. The Labute approximate surface area is 118 Å². The lowest BCUT2D eigenvalue weighted by Crippen LogP contribution is -2.38. The van der Waals surface area contributed by atoms with Gasteiger partial charge in [-0.25, -0.2) is 9.36 Å². The fourth-order valence-electron chi connectivity index (χ4n) is 1.80. The van der Waals surface area contributed by atoms with Gasteiger partial charge in [0, 0.05) is 13.5 Å². The van der Waals surface area contributed by atoms with Gasteiger partial charge in [-0.3, -0.25) is 14.2 Å². The summed E-state index contributed by atoms with van der Waals surface area (Å²) in [4.78, 5) is 36.3. The van der Waals surface area contributed by atoms with E-state index in [2.05, 4.69) is 11.8 Å². The second-order valence-corrected chi connectivity index (χ2v) is 5.16. The van der Waals surface area contributed by atoms with Gasteiger partial charge >= 0.3 is 5.69 Å². The number of nitrogens with two attached hydrogens (primary N) is 1. The molecular weight excluding hydrogens is 278 g/mol. The highest BCUT2D eigenvalue weighted by atomic mass is 32.1. The van der Waals surface area contributed by atoms with E-state index < -0.39 is 17.2 Å². The third-order valence-corrected chi connectivity index (χ3v) is 4.02. The van der Waals surface area contributed by atoms with E-state index in [1.165, 1.54) is 10.6 Å². The largest absolute Gasteiger partial charge is 0.365 e. The molecule has 0 spiro atoms. The van der Waals surface area contributed by atoms with Gasteiger partial charge in [-0.05, 0) is 6.07 Å². The number of fused-ring (bicyclic) bond motifs is 1. The van der Waals surface area contributed by atoms with Crippen LogP contribution in [0.5, 0.6) is 0 Å². The smallest absolute Gasteiger partial charge is 0.332 e. The number of hydrogen-bond donors (Lipinski definition) is 1. The molecule has 0 atom stereocenters. The van der Waals surface area contributed by atoms with Crippen molar-refractivity contribution in [2.75, 3.05) is 0 Å². The minimum atomic E-state index is -0.615. The minimum absolute atomic E-state index is 0.0387. The Bertz CT molecular complexity index is 861. The van der Waals surface area contributed by atoms with Gasteiger partial charge in [-0.2, -0.15) is 0 Å². The molecule has 0 aliphatic carbocycles. The topological polar surface area (TPSA) is 87.1 Å². The highest BCUT2D eigenvalue weighted by Gasteiger charge is 2.15. The van der Waals surface area contributed by atoms with Crippen molar-refractivity contribution >= 4 is 27.5 Å². The number of carbonyl (C=O) groups excluding carboxylic acids is 1. The Morgan fingerprint density at radius 1 is 1.40 bits per heavy atom. The molecule has 6 nitrogen and oxygen atoms in total. The standard InChI is InChI=1S/C13H13N3O3S/c1-3-4-5-6-16-11(18)8-7-9(10(14)17)20-12(8)15(2)13(16)19/h7H,3,6H2,1-2H3,(H2,14,17). The van der Waals surface area contributed by atoms with Crippen LogP contribution in [0.3, 0.4) is 0 Å². The highest BCUT2D eigenvalue weighted by molar-refractivity contribution is 7.20. The van der Waals surface area contributed by atoms with Crippen LogP contribution in [0.25, 0.3) is 10.2 Å². The molecule has 0 bridgehead atoms. The van der Waals surface area contributed by atoms with Crippen molar-refractivity contribution in [3.63, 3.8) is 0 Å². The normalized spacial score (nSPS) is 10.3. The first-order valence-electron chi connectivity index (χ1n) is 5.96. The van der Waals surface area contributed by atoms with Gasteiger partial charge in [0.15, 0.2) is 0 Å². The average molecular weight is 291 g/mol. The average Bonchev–Trinajstić information content (AvgIpc) is 2.86. The molecule has 7 heteroatoms. The van der Waals surface area contributed by atoms with Gasteiger partial charge < -0.3 is 5.73 Å². The summed E-state index contributed by atoms with van der Waals surface area (Å²) in [5.74, 6) is 4.96. The monoisotopic (exact) mass is 291 g/mol. The summed E-state index contributed by atoms with van der Waals surface area (Å²) in [6.07, 6.45) is 0.654. The van der Waals surface area contributed by atoms with Crippen LogP contribution in [0, 0.1) is 11.8 Å². The molecule has 0 aliphatic rings. The van der Waals surface area contributed by atoms with Gasteiger partial charge in [0.05, 0.1) is 16.8 Å². The molecule has 104 valence electrons. The molecule has 0 aromatic carbocycles. The zero-order valence-corrected chi connectivity index (χ0v) is 11.9. The van der Waals surface area contributed by atoms with Gasteiger partial charge in [-0.1, -0.05) is 12.8 Å². The highest BCUT2D eigenvalue weighted by Crippen LogP contribution is 2.20. The van der Waals surface area contributed by atoms with Crippen LogP contribution in [-0.4, -0.2) is 15.0 Å². The number of thiophene rings is 1.